The van der Waals surface area contributed by atoms with Gasteiger partial charge in [-0.1, -0.05) is 0 Å². The van der Waals surface area contributed by atoms with Gasteiger partial charge in [-0.3, -0.25) is 9.69 Å². The van der Waals surface area contributed by atoms with Crippen molar-refractivity contribution in [3.05, 3.63) is 0 Å². The Morgan fingerprint density at radius 3 is 2.38 bits per heavy atom. The zero-order valence-electron chi connectivity index (χ0n) is 9.83. The normalized spacial score (nSPS) is 22.4. The highest BCUT2D eigenvalue weighted by Gasteiger charge is 2.31. The van der Waals surface area contributed by atoms with Crippen LogP contribution in [0.2, 0.25) is 0 Å². The summed E-state index contributed by atoms with van der Waals surface area (Å²) in [6, 6.07) is 0.841. The maximum atomic E-state index is 11.8. The Morgan fingerprint density at radius 1 is 1.12 bits per heavy atom. The second-order valence-corrected chi connectivity index (χ2v) is 5.17. The molecule has 0 unspecified atom stereocenters. The lowest BCUT2D eigenvalue weighted by Crippen LogP contribution is -2.49. The summed E-state index contributed by atoms with van der Waals surface area (Å²) in [5.41, 5.74) is 0. The fourth-order valence-corrected chi connectivity index (χ4v) is 2.49. The van der Waals surface area contributed by atoms with Crippen molar-refractivity contribution in [2.45, 2.75) is 38.1 Å². The molecule has 0 aromatic heterocycles. The number of nitrogens with zero attached hydrogens (tertiary/aromatic N) is 2. The molecule has 3 nitrogen and oxygen atoms in total. The number of amides is 1. The van der Waals surface area contributed by atoms with Crippen LogP contribution in [0.1, 0.15) is 32.1 Å². The van der Waals surface area contributed by atoms with Crippen molar-refractivity contribution in [1.82, 2.24) is 9.80 Å². The van der Waals surface area contributed by atoms with E-state index < -0.39 is 0 Å². The number of carbonyl (C=O) groups is 1. The molecule has 1 amide bonds. The van der Waals surface area contributed by atoms with Crippen LogP contribution in [0.25, 0.3) is 0 Å². The number of hydrogen-bond acceptors (Lipinski definition) is 2. The van der Waals surface area contributed by atoms with E-state index in [1.807, 2.05) is 4.90 Å². The van der Waals surface area contributed by atoms with Gasteiger partial charge in [0.05, 0.1) is 0 Å². The first-order valence-corrected chi connectivity index (χ1v) is 6.92. The molecule has 0 aromatic carbocycles. The molecule has 0 radical (unpaired) electrons. The Hall–Kier alpha value is -0.280. The van der Waals surface area contributed by atoms with E-state index in [-0.39, 0.29) is 0 Å². The summed E-state index contributed by atoms with van der Waals surface area (Å²) in [6.07, 6.45) is 5.30. The molecular weight excluding hydrogens is 224 g/mol. The molecule has 1 aliphatic heterocycles. The van der Waals surface area contributed by atoms with Gasteiger partial charge < -0.3 is 4.90 Å². The molecule has 4 heteroatoms. The van der Waals surface area contributed by atoms with E-state index in [0.29, 0.717) is 18.2 Å². The molecule has 1 saturated carbocycles. The Labute approximate surface area is 103 Å². The van der Waals surface area contributed by atoms with E-state index in [9.17, 15) is 4.79 Å². The first-order valence-electron chi connectivity index (χ1n) is 6.39. The van der Waals surface area contributed by atoms with E-state index in [1.54, 1.807) is 0 Å². The summed E-state index contributed by atoms with van der Waals surface area (Å²) >= 11 is 5.60. The van der Waals surface area contributed by atoms with Gasteiger partial charge in [0.2, 0.25) is 5.91 Å². The Bertz CT molecular complexity index is 235. The number of unbranched alkanes of at least 4 members (excludes halogenated alkanes) is 1. The second-order valence-electron chi connectivity index (χ2n) is 4.79. The van der Waals surface area contributed by atoms with Gasteiger partial charge in [-0.15, -0.1) is 11.6 Å². The molecule has 2 rings (SSSR count). The van der Waals surface area contributed by atoms with Crippen molar-refractivity contribution in [2.75, 3.05) is 32.1 Å². The minimum Gasteiger partial charge on any atom is -0.340 e. The van der Waals surface area contributed by atoms with E-state index in [2.05, 4.69) is 4.90 Å². The predicted octanol–water partition coefficient (Wildman–Crippen LogP) is 1.70. The molecule has 0 aromatic rings. The van der Waals surface area contributed by atoms with Gasteiger partial charge in [-0.2, -0.15) is 0 Å². The summed E-state index contributed by atoms with van der Waals surface area (Å²) < 4.78 is 0. The van der Waals surface area contributed by atoms with E-state index >= 15 is 0 Å². The highest BCUT2D eigenvalue weighted by atomic mass is 35.5. The molecule has 2 fully saturated rings. The van der Waals surface area contributed by atoms with E-state index in [0.717, 1.165) is 45.1 Å². The first kappa shape index (κ1) is 12.2. The van der Waals surface area contributed by atoms with Crippen LogP contribution in [0.4, 0.5) is 0 Å². The summed E-state index contributed by atoms with van der Waals surface area (Å²) in [5, 5.41) is 0. The van der Waals surface area contributed by atoms with Gasteiger partial charge in [-0.05, 0) is 25.7 Å². The van der Waals surface area contributed by atoms with Crippen molar-refractivity contribution < 1.29 is 4.79 Å². The van der Waals surface area contributed by atoms with E-state index in [4.69, 9.17) is 11.6 Å². The van der Waals surface area contributed by atoms with Crippen LogP contribution < -0.4 is 0 Å². The third-order valence-electron chi connectivity index (χ3n) is 3.50. The fraction of sp³-hybridized carbons (Fsp3) is 0.917. The van der Waals surface area contributed by atoms with Crippen molar-refractivity contribution in [1.29, 1.82) is 0 Å². The SMILES string of the molecule is O=C(CCCCCl)N1CCN(C2CC2)CC1. The predicted molar refractivity (Wildman–Crippen MR) is 65.7 cm³/mol. The highest BCUT2D eigenvalue weighted by molar-refractivity contribution is 6.17. The molecule has 1 heterocycles. The fourth-order valence-electron chi connectivity index (χ4n) is 2.30. The van der Waals surface area contributed by atoms with Crippen molar-refractivity contribution in [2.24, 2.45) is 0 Å². The van der Waals surface area contributed by atoms with Crippen molar-refractivity contribution >= 4 is 17.5 Å². The Kier molecular flexibility index (Phi) is 4.47. The van der Waals surface area contributed by atoms with Crippen LogP contribution in [-0.2, 0) is 4.79 Å². The third kappa shape index (κ3) is 3.36. The molecule has 2 aliphatic rings. The van der Waals surface area contributed by atoms with Gasteiger partial charge >= 0.3 is 0 Å². The molecular formula is C12H21ClN2O. The molecule has 16 heavy (non-hydrogen) atoms. The summed E-state index contributed by atoms with van der Waals surface area (Å²) in [6.45, 7) is 4.00. The minimum atomic E-state index is 0.320. The van der Waals surface area contributed by atoms with Gasteiger partial charge in [0.25, 0.3) is 0 Å². The Balaban J connectivity index is 1.64. The van der Waals surface area contributed by atoms with Crippen LogP contribution in [-0.4, -0.2) is 53.8 Å². The van der Waals surface area contributed by atoms with Crippen molar-refractivity contribution in [3.63, 3.8) is 0 Å². The monoisotopic (exact) mass is 244 g/mol. The molecule has 0 bridgehead atoms. The molecule has 1 aliphatic carbocycles. The summed E-state index contributed by atoms with van der Waals surface area (Å²) in [4.78, 5) is 16.4. The average molecular weight is 245 g/mol. The molecule has 1 saturated heterocycles. The van der Waals surface area contributed by atoms with Gasteiger partial charge in [0, 0.05) is 44.5 Å². The van der Waals surface area contributed by atoms with Gasteiger partial charge in [-0.25, -0.2) is 0 Å². The van der Waals surface area contributed by atoms with Gasteiger partial charge in [0.1, 0.15) is 0 Å². The minimum absolute atomic E-state index is 0.320. The second kappa shape index (κ2) is 5.87. The quantitative estimate of drug-likeness (QED) is 0.543. The average Bonchev–Trinajstić information content (AvgIpc) is 3.13. The highest BCUT2D eigenvalue weighted by Crippen LogP contribution is 2.27. The van der Waals surface area contributed by atoms with Crippen molar-refractivity contribution in [3.8, 4) is 0 Å². The summed E-state index contributed by atoms with van der Waals surface area (Å²) in [7, 11) is 0. The maximum absolute atomic E-state index is 11.8. The van der Waals surface area contributed by atoms with Crippen LogP contribution in [0, 0.1) is 0 Å². The summed E-state index contributed by atoms with van der Waals surface area (Å²) in [5.74, 6) is 0.989. The smallest absolute Gasteiger partial charge is 0.222 e. The lowest BCUT2D eigenvalue weighted by atomic mass is 10.2. The standard InChI is InChI=1S/C12H21ClN2O/c13-6-2-1-3-12(16)15-9-7-14(8-10-15)11-4-5-11/h11H,1-10H2. The molecule has 0 atom stereocenters. The lowest BCUT2D eigenvalue weighted by Gasteiger charge is -2.34. The molecule has 0 spiro atoms. The number of carbonyl (C=O) groups excluding carboxylic acids is 1. The van der Waals surface area contributed by atoms with Crippen LogP contribution in [0.3, 0.4) is 0 Å². The maximum Gasteiger partial charge on any atom is 0.222 e. The zero-order chi connectivity index (χ0) is 11.4. The topological polar surface area (TPSA) is 23.6 Å². The first-order chi connectivity index (χ1) is 7.81. The largest absolute Gasteiger partial charge is 0.340 e. The lowest BCUT2D eigenvalue weighted by molar-refractivity contribution is -0.133. The number of hydrogen-bond donors (Lipinski definition) is 0. The van der Waals surface area contributed by atoms with E-state index in [1.165, 1.54) is 12.8 Å². The number of alkyl halides is 1. The third-order valence-corrected chi connectivity index (χ3v) is 3.77. The number of halogens is 1. The van der Waals surface area contributed by atoms with Gasteiger partial charge in [0.15, 0.2) is 0 Å². The molecule has 92 valence electrons. The van der Waals surface area contributed by atoms with Crippen LogP contribution in [0.5, 0.6) is 0 Å². The van der Waals surface area contributed by atoms with Crippen LogP contribution in [0.15, 0.2) is 0 Å². The Morgan fingerprint density at radius 2 is 1.81 bits per heavy atom. The number of rotatable bonds is 5. The van der Waals surface area contributed by atoms with Crippen LogP contribution >= 0.6 is 11.6 Å². The zero-order valence-corrected chi connectivity index (χ0v) is 10.6. The molecule has 0 N–H and O–H groups in total. The number of piperazine rings is 1.